The number of para-hydroxylation sites is 1. The van der Waals surface area contributed by atoms with Crippen LogP contribution < -0.4 is 9.84 Å². The normalized spacial score (nSPS) is 19.5. The summed E-state index contributed by atoms with van der Waals surface area (Å²) in [5, 5.41) is 33.1. The van der Waals surface area contributed by atoms with E-state index >= 15 is 0 Å². The third kappa shape index (κ3) is 8.94. The first-order valence-electron chi connectivity index (χ1n) is 17.2. The quantitative estimate of drug-likeness (QED) is 0.223. The molecule has 2 fully saturated rings. The Labute approximate surface area is 298 Å². The van der Waals surface area contributed by atoms with Crippen LogP contribution in [-0.4, -0.2) is 42.0 Å². The molecule has 49 heavy (non-hydrogen) atoms. The third-order valence-corrected chi connectivity index (χ3v) is 10.4. The molecule has 2 atom stereocenters. The number of aryl methyl sites for hydroxylation is 2. The smallest absolute Gasteiger partial charge is 0.127 e. The molecule has 4 aromatic rings. The van der Waals surface area contributed by atoms with Crippen LogP contribution in [0.1, 0.15) is 101 Å². The van der Waals surface area contributed by atoms with Crippen LogP contribution in [-0.2, 0) is 26.0 Å². The second kappa shape index (κ2) is 14.8. The molecular formula is C42H51CoN2O4+. The third-order valence-electron chi connectivity index (χ3n) is 8.95. The molecule has 2 aliphatic rings. The molecule has 1 saturated heterocycles. The van der Waals surface area contributed by atoms with E-state index in [0.717, 1.165) is 67.1 Å². The molecule has 0 radical (unpaired) electrons. The van der Waals surface area contributed by atoms with E-state index < -0.39 is 0 Å². The van der Waals surface area contributed by atoms with Gasteiger partial charge in [-0.25, -0.2) is 0 Å². The fourth-order valence-electron chi connectivity index (χ4n) is 6.40. The summed E-state index contributed by atoms with van der Waals surface area (Å²) in [6.45, 7) is 17.1. The van der Waals surface area contributed by atoms with Gasteiger partial charge >= 0.3 is 218 Å². The average Bonchev–Trinajstić information content (AvgIpc) is 3.38. The van der Waals surface area contributed by atoms with Gasteiger partial charge in [0.25, 0.3) is 0 Å². The zero-order chi connectivity index (χ0) is 35.5. The molecule has 7 heteroatoms. The summed E-state index contributed by atoms with van der Waals surface area (Å²) in [5.41, 5.74) is 5.84. The SMILES string of the molecule is Cc1cc(C=[N+]2[Co][N+](=Cc3cc(C)cc(C(C)(C)C)c3O)[C@@H]3CCCC[C@H]32)c(O)c(C(C)(C)C)c1.[O-]c1ccc(Oc2ccccc2)cc1. The average molecular weight is 707 g/mol. The number of nitrogens with zero attached hydrogens (tertiary/aromatic N) is 2. The van der Waals surface area contributed by atoms with Gasteiger partial charge < -0.3 is 9.84 Å². The maximum Gasteiger partial charge on any atom is 0.127 e. The second-order valence-electron chi connectivity index (χ2n) is 15.3. The Bertz CT molecular complexity index is 1740. The van der Waals surface area contributed by atoms with Gasteiger partial charge in [-0.05, 0) is 24.3 Å². The predicted molar refractivity (Wildman–Crippen MR) is 192 cm³/mol. The number of rotatable bonds is 4. The van der Waals surface area contributed by atoms with Crippen molar-refractivity contribution in [3.63, 3.8) is 0 Å². The number of aromatic hydroxyl groups is 2. The van der Waals surface area contributed by atoms with Gasteiger partial charge in [-0.1, -0.05) is 30.3 Å². The zero-order valence-corrected chi connectivity index (χ0v) is 31.1. The van der Waals surface area contributed by atoms with Crippen LogP contribution in [0.15, 0.2) is 78.9 Å². The summed E-state index contributed by atoms with van der Waals surface area (Å²) in [5.74, 6) is 2.21. The molecule has 2 N–H and O–H groups in total. The summed E-state index contributed by atoms with van der Waals surface area (Å²) in [7, 11) is 0. The maximum absolute atomic E-state index is 11.2. The second-order valence-corrected chi connectivity index (χ2v) is 16.6. The summed E-state index contributed by atoms with van der Waals surface area (Å²) >= 11 is 1.11. The molecule has 1 aliphatic carbocycles. The van der Waals surface area contributed by atoms with Crippen LogP contribution >= 0.6 is 0 Å². The van der Waals surface area contributed by atoms with E-state index in [0.29, 0.717) is 29.3 Å². The minimum absolute atomic E-state index is 0.00888. The predicted octanol–water partition coefficient (Wildman–Crippen LogP) is 8.66. The molecule has 4 aromatic carbocycles. The molecule has 0 aromatic heterocycles. The molecule has 0 spiro atoms. The summed E-state index contributed by atoms with van der Waals surface area (Å²) in [4.78, 5) is 0. The molecule has 1 aliphatic heterocycles. The Hall–Kier alpha value is -4.07. The molecular weight excluding hydrogens is 655 g/mol. The molecule has 6 nitrogen and oxygen atoms in total. The molecule has 0 amide bonds. The van der Waals surface area contributed by atoms with Gasteiger partial charge in [0.2, 0.25) is 0 Å². The standard InChI is InChI=1S/C30H42N2O2.C12H10O2.Co/c1-19-13-21(27(33)23(15-19)29(3,4)5)17-31-25-11-9-10-12-26(25)32-18-22-14-20(2)16-24(28(22)34)30(6,7)8;13-10-6-8-12(9-7-10)14-11-4-2-1-3-5-11;/h13-18,25-26,33-34H,9-12H2,1-8H3;1-9,13H;/q;;+2/p-1/t25-,26-;;/m1../s1. The van der Waals surface area contributed by atoms with Crippen LogP contribution in [0.4, 0.5) is 0 Å². The number of ether oxygens (including phenoxy) is 1. The van der Waals surface area contributed by atoms with E-state index in [1.54, 1.807) is 12.1 Å². The number of phenolic OH excluding ortho intramolecular Hbond substituents is 2. The summed E-state index contributed by atoms with van der Waals surface area (Å²) in [6.07, 6.45) is 9.05. The number of benzene rings is 4. The molecule has 261 valence electrons. The van der Waals surface area contributed by atoms with Crippen molar-refractivity contribution in [3.8, 4) is 28.7 Å². The van der Waals surface area contributed by atoms with Crippen LogP contribution in [0.5, 0.6) is 28.7 Å². The van der Waals surface area contributed by atoms with Crippen molar-refractivity contribution < 1.29 is 42.4 Å². The van der Waals surface area contributed by atoms with E-state index in [4.69, 9.17) is 4.74 Å². The van der Waals surface area contributed by atoms with Crippen molar-refractivity contribution in [1.82, 2.24) is 0 Å². The Morgan fingerprint density at radius 2 is 1.10 bits per heavy atom. The van der Waals surface area contributed by atoms with E-state index in [-0.39, 0.29) is 16.6 Å². The minimum Gasteiger partial charge on any atom is -0.872 e. The number of fused-ring (bicyclic) bond motifs is 1. The van der Waals surface area contributed by atoms with Gasteiger partial charge in [-0.2, -0.15) is 0 Å². The number of phenols is 2. The minimum atomic E-state index is -0.123. The van der Waals surface area contributed by atoms with Gasteiger partial charge in [-0.15, -0.1) is 5.75 Å². The first-order valence-corrected chi connectivity index (χ1v) is 18.1. The molecule has 0 bridgehead atoms. The maximum atomic E-state index is 11.2. The Morgan fingerprint density at radius 3 is 1.53 bits per heavy atom. The fourth-order valence-corrected chi connectivity index (χ4v) is 8.02. The van der Waals surface area contributed by atoms with E-state index in [1.165, 1.54) is 25.0 Å². The summed E-state index contributed by atoms with van der Waals surface area (Å²) in [6, 6.07) is 24.9. The zero-order valence-electron chi connectivity index (χ0n) is 30.1. The van der Waals surface area contributed by atoms with Gasteiger partial charge in [0.05, 0.1) is 0 Å². The molecule has 0 unspecified atom stereocenters. The van der Waals surface area contributed by atoms with Gasteiger partial charge in [0.15, 0.2) is 0 Å². The van der Waals surface area contributed by atoms with E-state index in [9.17, 15) is 15.3 Å². The van der Waals surface area contributed by atoms with Crippen molar-refractivity contribution in [2.24, 2.45) is 0 Å². The van der Waals surface area contributed by atoms with Crippen LogP contribution in [0, 0.1) is 13.8 Å². The van der Waals surface area contributed by atoms with Crippen LogP contribution in [0.3, 0.4) is 0 Å². The Kier molecular flexibility index (Phi) is 10.9. The Morgan fingerprint density at radius 1 is 0.673 bits per heavy atom. The monoisotopic (exact) mass is 706 g/mol. The van der Waals surface area contributed by atoms with Gasteiger partial charge in [0, 0.05) is 0 Å². The largest absolute Gasteiger partial charge is 0.872 e. The van der Waals surface area contributed by atoms with Gasteiger partial charge in [0.1, 0.15) is 11.5 Å². The first kappa shape index (κ1) is 36.2. The number of hydrogen-bond donors (Lipinski definition) is 2. The van der Waals surface area contributed by atoms with Crippen LogP contribution in [0.2, 0.25) is 0 Å². The molecule has 1 saturated carbocycles. The van der Waals surface area contributed by atoms with Crippen molar-refractivity contribution in [2.45, 2.75) is 104 Å². The Balaban J connectivity index is 0.000000278. The first-order chi connectivity index (χ1) is 23.1. The van der Waals surface area contributed by atoms with Crippen molar-refractivity contribution >= 4 is 12.4 Å². The fraction of sp³-hybridized carbons (Fsp3) is 0.381. The molecule has 1 heterocycles. The van der Waals surface area contributed by atoms with E-state index in [2.05, 4.69) is 99.3 Å². The number of hydrogen-bond acceptors (Lipinski definition) is 4. The van der Waals surface area contributed by atoms with Crippen molar-refractivity contribution in [3.05, 3.63) is 112 Å². The van der Waals surface area contributed by atoms with Crippen molar-refractivity contribution in [2.75, 3.05) is 0 Å². The topological polar surface area (TPSA) is 78.8 Å². The van der Waals surface area contributed by atoms with Crippen molar-refractivity contribution in [1.29, 1.82) is 0 Å². The van der Waals surface area contributed by atoms with Gasteiger partial charge in [-0.3, -0.25) is 0 Å². The summed E-state index contributed by atoms with van der Waals surface area (Å²) < 4.78 is 10.3. The van der Waals surface area contributed by atoms with E-state index in [1.807, 2.05) is 30.3 Å². The van der Waals surface area contributed by atoms with Crippen LogP contribution in [0.25, 0.3) is 0 Å². The molecule has 6 rings (SSSR count).